The highest BCUT2D eigenvalue weighted by Crippen LogP contribution is 2.22. The van der Waals surface area contributed by atoms with E-state index in [4.69, 9.17) is 16.3 Å². The van der Waals surface area contributed by atoms with Crippen LogP contribution in [-0.4, -0.2) is 15.9 Å². The number of nitrogens with zero attached hydrogens (tertiary/aromatic N) is 2. The lowest BCUT2D eigenvalue weighted by Gasteiger charge is -2.08. The van der Waals surface area contributed by atoms with E-state index in [1.165, 1.54) is 0 Å². The van der Waals surface area contributed by atoms with Crippen LogP contribution in [0.2, 0.25) is 5.02 Å². The van der Waals surface area contributed by atoms with E-state index in [0.29, 0.717) is 22.0 Å². The molecule has 0 aliphatic carbocycles. The lowest BCUT2D eigenvalue weighted by Crippen LogP contribution is -2.11. The zero-order valence-corrected chi connectivity index (χ0v) is 12.7. The molecule has 1 amide bonds. The van der Waals surface area contributed by atoms with Crippen molar-refractivity contribution in [2.45, 2.75) is 0 Å². The second-order valence-corrected chi connectivity index (χ2v) is 5.06. The molecule has 3 rings (SSSR count). The molecule has 23 heavy (non-hydrogen) atoms. The zero-order chi connectivity index (χ0) is 16.1. The van der Waals surface area contributed by atoms with Crippen LogP contribution in [0.3, 0.4) is 0 Å². The highest BCUT2D eigenvalue weighted by atomic mass is 35.5. The Morgan fingerprint density at radius 2 is 1.74 bits per heavy atom. The molecule has 0 saturated carbocycles. The minimum Gasteiger partial charge on any atom is -0.424 e. The highest BCUT2D eigenvalue weighted by Gasteiger charge is 2.07. The maximum atomic E-state index is 12.2. The number of anilines is 1. The molecule has 1 aromatic heterocycles. The van der Waals surface area contributed by atoms with Gasteiger partial charge in [0.15, 0.2) is 0 Å². The summed E-state index contributed by atoms with van der Waals surface area (Å²) in [5, 5.41) is 3.38. The van der Waals surface area contributed by atoms with Crippen molar-refractivity contribution >= 4 is 23.2 Å². The summed E-state index contributed by atoms with van der Waals surface area (Å²) >= 11 is 5.81. The molecule has 0 unspecified atom stereocenters. The number of rotatable bonds is 4. The van der Waals surface area contributed by atoms with E-state index in [1.54, 1.807) is 67.0 Å². The Balaban J connectivity index is 1.72. The first kappa shape index (κ1) is 15.0. The van der Waals surface area contributed by atoms with Crippen molar-refractivity contribution in [3.8, 4) is 11.8 Å². The molecule has 0 aliphatic heterocycles. The Kier molecular flexibility index (Phi) is 4.49. The first-order chi connectivity index (χ1) is 11.2. The van der Waals surface area contributed by atoms with Crippen molar-refractivity contribution in [1.82, 2.24) is 9.97 Å². The number of nitrogens with one attached hydrogen (secondary N) is 1. The van der Waals surface area contributed by atoms with Gasteiger partial charge in [0.2, 0.25) is 0 Å². The summed E-state index contributed by atoms with van der Waals surface area (Å²) in [7, 11) is 0. The van der Waals surface area contributed by atoms with Gasteiger partial charge in [-0.2, -0.15) is 0 Å². The molecule has 3 aromatic rings. The van der Waals surface area contributed by atoms with Crippen molar-refractivity contribution in [3.05, 3.63) is 77.6 Å². The SMILES string of the molecule is O=C(Nc1cccc(Oc2ncccn2)c1)c1ccc(Cl)cc1. The fourth-order valence-electron chi connectivity index (χ4n) is 1.89. The van der Waals surface area contributed by atoms with Crippen LogP contribution in [0.5, 0.6) is 11.8 Å². The van der Waals surface area contributed by atoms with Crippen LogP contribution < -0.4 is 10.1 Å². The Labute approximate surface area is 137 Å². The van der Waals surface area contributed by atoms with E-state index >= 15 is 0 Å². The molecule has 0 spiro atoms. The Hall–Kier alpha value is -2.92. The van der Waals surface area contributed by atoms with E-state index in [-0.39, 0.29) is 11.9 Å². The molecule has 0 bridgehead atoms. The summed E-state index contributed by atoms with van der Waals surface area (Å²) in [6.45, 7) is 0. The molecule has 0 fully saturated rings. The normalized spacial score (nSPS) is 10.1. The summed E-state index contributed by atoms with van der Waals surface area (Å²) in [5.41, 5.74) is 1.13. The van der Waals surface area contributed by atoms with Crippen LogP contribution in [0.4, 0.5) is 5.69 Å². The minimum absolute atomic E-state index is 0.227. The highest BCUT2D eigenvalue weighted by molar-refractivity contribution is 6.30. The number of ether oxygens (including phenoxy) is 1. The van der Waals surface area contributed by atoms with Gasteiger partial charge in [0, 0.05) is 34.7 Å². The molecule has 5 nitrogen and oxygen atoms in total. The monoisotopic (exact) mass is 325 g/mol. The van der Waals surface area contributed by atoms with Crippen molar-refractivity contribution in [3.63, 3.8) is 0 Å². The van der Waals surface area contributed by atoms with Gasteiger partial charge in [0.05, 0.1) is 0 Å². The smallest absolute Gasteiger partial charge is 0.321 e. The average molecular weight is 326 g/mol. The number of amides is 1. The molecule has 6 heteroatoms. The van der Waals surface area contributed by atoms with Gasteiger partial charge in [-0.25, -0.2) is 9.97 Å². The number of hydrogen-bond acceptors (Lipinski definition) is 4. The third-order valence-corrected chi connectivity index (χ3v) is 3.20. The minimum atomic E-state index is -0.227. The van der Waals surface area contributed by atoms with Gasteiger partial charge in [0.25, 0.3) is 5.91 Å². The predicted molar refractivity (Wildman–Crippen MR) is 88.0 cm³/mol. The van der Waals surface area contributed by atoms with E-state index in [9.17, 15) is 4.79 Å². The molecular formula is C17H12ClN3O2. The first-order valence-electron chi connectivity index (χ1n) is 6.82. The van der Waals surface area contributed by atoms with Crippen molar-refractivity contribution in [1.29, 1.82) is 0 Å². The van der Waals surface area contributed by atoms with Crippen LogP contribution in [0.15, 0.2) is 67.0 Å². The largest absolute Gasteiger partial charge is 0.424 e. The molecule has 0 radical (unpaired) electrons. The Morgan fingerprint density at radius 3 is 2.48 bits per heavy atom. The topological polar surface area (TPSA) is 64.1 Å². The second-order valence-electron chi connectivity index (χ2n) is 4.62. The fraction of sp³-hybridized carbons (Fsp3) is 0. The lowest BCUT2D eigenvalue weighted by molar-refractivity contribution is 0.102. The lowest BCUT2D eigenvalue weighted by atomic mass is 10.2. The average Bonchev–Trinajstić information content (AvgIpc) is 2.57. The van der Waals surface area contributed by atoms with Gasteiger partial charge in [-0.05, 0) is 42.5 Å². The molecule has 0 saturated heterocycles. The van der Waals surface area contributed by atoms with Gasteiger partial charge in [-0.3, -0.25) is 4.79 Å². The quantitative estimate of drug-likeness (QED) is 0.781. The van der Waals surface area contributed by atoms with E-state index in [1.807, 2.05) is 0 Å². The third-order valence-electron chi connectivity index (χ3n) is 2.95. The zero-order valence-electron chi connectivity index (χ0n) is 11.9. The van der Waals surface area contributed by atoms with Gasteiger partial charge >= 0.3 is 6.01 Å². The summed E-state index contributed by atoms with van der Waals surface area (Å²) in [6, 6.07) is 15.6. The Morgan fingerprint density at radius 1 is 1.00 bits per heavy atom. The van der Waals surface area contributed by atoms with Gasteiger partial charge < -0.3 is 10.1 Å². The fourth-order valence-corrected chi connectivity index (χ4v) is 2.01. The first-order valence-corrected chi connectivity index (χ1v) is 7.20. The van der Waals surface area contributed by atoms with Crippen LogP contribution in [0.25, 0.3) is 0 Å². The van der Waals surface area contributed by atoms with E-state index < -0.39 is 0 Å². The van der Waals surface area contributed by atoms with Crippen molar-refractivity contribution < 1.29 is 9.53 Å². The number of carbonyl (C=O) groups excluding carboxylic acids is 1. The number of benzene rings is 2. The standard InChI is InChI=1S/C17H12ClN3O2/c18-13-7-5-12(6-8-13)16(22)21-14-3-1-4-15(11-14)23-17-19-9-2-10-20-17/h1-11H,(H,21,22). The maximum absolute atomic E-state index is 12.2. The van der Waals surface area contributed by atoms with Crippen LogP contribution in [0.1, 0.15) is 10.4 Å². The predicted octanol–water partition coefficient (Wildman–Crippen LogP) is 4.17. The van der Waals surface area contributed by atoms with Crippen molar-refractivity contribution in [2.24, 2.45) is 0 Å². The molecule has 1 N–H and O–H groups in total. The summed E-state index contributed by atoms with van der Waals surface area (Å²) in [4.78, 5) is 20.1. The number of hydrogen-bond donors (Lipinski definition) is 1. The number of halogens is 1. The summed E-state index contributed by atoms with van der Waals surface area (Å²) in [6.07, 6.45) is 3.18. The molecule has 1 heterocycles. The summed E-state index contributed by atoms with van der Waals surface area (Å²) < 4.78 is 5.53. The van der Waals surface area contributed by atoms with Gasteiger partial charge in [-0.15, -0.1) is 0 Å². The molecule has 0 atom stereocenters. The van der Waals surface area contributed by atoms with E-state index in [0.717, 1.165) is 0 Å². The van der Waals surface area contributed by atoms with Crippen molar-refractivity contribution in [2.75, 3.05) is 5.32 Å². The Bertz CT molecular complexity index is 808. The third kappa shape index (κ3) is 4.05. The molecule has 2 aromatic carbocycles. The molecule has 0 aliphatic rings. The number of carbonyl (C=O) groups is 1. The number of aromatic nitrogens is 2. The maximum Gasteiger partial charge on any atom is 0.321 e. The van der Waals surface area contributed by atoms with Gasteiger partial charge in [0.1, 0.15) is 5.75 Å². The summed E-state index contributed by atoms with van der Waals surface area (Å²) in [5.74, 6) is 0.305. The van der Waals surface area contributed by atoms with Crippen LogP contribution in [0, 0.1) is 0 Å². The molecule has 114 valence electrons. The van der Waals surface area contributed by atoms with Gasteiger partial charge in [-0.1, -0.05) is 17.7 Å². The van der Waals surface area contributed by atoms with E-state index in [2.05, 4.69) is 15.3 Å². The van der Waals surface area contributed by atoms with Crippen LogP contribution in [-0.2, 0) is 0 Å². The molecular weight excluding hydrogens is 314 g/mol. The second kappa shape index (κ2) is 6.89. The van der Waals surface area contributed by atoms with Crippen LogP contribution >= 0.6 is 11.6 Å².